The number of benzene rings is 1. The first-order valence-corrected chi connectivity index (χ1v) is 9.06. The Bertz CT molecular complexity index is 710. The molecule has 7 nitrogen and oxygen atoms in total. The van der Waals surface area contributed by atoms with Crippen molar-refractivity contribution in [1.29, 1.82) is 0 Å². The van der Waals surface area contributed by atoms with Crippen LogP contribution in [-0.2, 0) is 18.9 Å². The lowest BCUT2D eigenvalue weighted by Crippen LogP contribution is -2.14. The van der Waals surface area contributed by atoms with Gasteiger partial charge in [-0.3, -0.25) is 10.1 Å². The minimum Gasteiger partial charge on any atom is -0.258 e. The smallest absolute Gasteiger partial charge is 0.258 e. The molecule has 19 heavy (non-hydrogen) atoms. The molecule has 0 N–H and O–H groups in total. The quantitative estimate of drug-likeness (QED) is 0.457. The maximum atomic E-state index is 11.8. The highest BCUT2D eigenvalue weighted by Crippen LogP contribution is 2.22. The van der Waals surface area contributed by atoms with E-state index in [-0.39, 0.29) is 16.1 Å². The van der Waals surface area contributed by atoms with Crippen LogP contribution in [0, 0.1) is 17.0 Å². The summed E-state index contributed by atoms with van der Waals surface area (Å²) in [6, 6.07) is 3.27. The zero-order chi connectivity index (χ0) is 14.8. The maximum absolute atomic E-state index is 11.8. The number of aryl methyl sites for hydroxylation is 1. The Morgan fingerprint density at radius 1 is 1.21 bits per heavy atom. The zero-order valence-electron chi connectivity index (χ0n) is 9.74. The van der Waals surface area contributed by atoms with Gasteiger partial charge in [0.25, 0.3) is 5.69 Å². The van der Waals surface area contributed by atoms with Crippen LogP contribution >= 0.6 is 10.7 Å². The molecule has 0 amide bonds. The average Bonchev–Trinajstić information content (AvgIpc) is 2.25. The summed E-state index contributed by atoms with van der Waals surface area (Å²) in [6.07, 6.45) is 0. The Morgan fingerprint density at radius 3 is 2.21 bits per heavy atom. The van der Waals surface area contributed by atoms with Gasteiger partial charge in [-0.05, 0) is 19.1 Å². The molecule has 106 valence electrons. The molecule has 0 aromatic heterocycles. The molecule has 0 unspecified atom stereocenters. The minimum absolute atomic E-state index is 0.170. The van der Waals surface area contributed by atoms with Crippen LogP contribution in [0.2, 0.25) is 0 Å². The summed E-state index contributed by atoms with van der Waals surface area (Å²) in [4.78, 5) is 9.80. The number of halogens is 1. The van der Waals surface area contributed by atoms with Gasteiger partial charge in [0.05, 0.1) is 21.3 Å². The molecule has 0 aliphatic heterocycles. The van der Waals surface area contributed by atoms with Crippen molar-refractivity contribution in [2.75, 3.05) is 11.5 Å². The molecular formula is C9H10ClNO6S2. The third kappa shape index (κ3) is 4.44. The second-order valence-electron chi connectivity index (χ2n) is 3.77. The summed E-state index contributed by atoms with van der Waals surface area (Å²) in [6.45, 7) is 1.40. The summed E-state index contributed by atoms with van der Waals surface area (Å²) in [5.74, 6) is -1.39. The molecule has 0 atom stereocenters. The molecule has 1 aromatic rings. The minimum atomic E-state index is -3.91. The van der Waals surface area contributed by atoms with Crippen LogP contribution in [-0.4, -0.2) is 33.3 Å². The van der Waals surface area contributed by atoms with Crippen LogP contribution in [0.4, 0.5) is 5.69 Å². The first kappa shape index (κ1) is 15.9. The molecule has 0 saturated carbocycles. The van der Waals surface area contributed by atoms with Crippen LogP contribution in [0.3, 0.4) is 0 Å². The highest BCUT2D eigenvalue weighted by molar-refractivity contribution is 8.14. The summed E-state index contributed by atoms with van der Waals surface area (Å²) in [5, 5.41) is 10.6. The Balaban J connectivity index is 3.10. The van der Waals surface area contributed by atoms with Crippen molar-refractivity contribution in [3.8, 4) is 0 Å². The molecule has 0 fully saturated rings. The van der Waals surface area contributed by atoms with E-state index in [4.69, 9.17) is 10.7 Å². The topological polar surface area (TPSA) is 111 Å². The zero-order valence-corrected chi connectivity index (χ0v) is 12.1. The number of sulfone groups is 1. The van der Waals surface area contributed by atoms with Crippen LogP contribution in [0.1, 0.15) is 5.56 Å². The first-order chi connectivity index (χ1) is 8.53. The fraction of sp³-hybridized carbons (Fsp3) is 0.333. The molecule has 1 rings (SSSR count). The summed E-state index contributed by atoms with van der Waals surface area (Å²) in [5.41, 5.74) is -0.0243. The Labute approximate surface area is 114 Å². The molecule has 10 heteroatoms. The van der Waals surface area contributed by atoms with E-state index in [1.54, 1.807) is 0 Å². The lowest BCUT2D eigenvalue weighted by atomic mass is 10.2. The number of hydrogen-bond donors (Lipinski definition) is 0. The molecule has 0 aliphatic rings. The van der Waals surface area contributed by atoms with Crippen molar-refractivity contribution < 1.29 is 21.8 Å². The molecule has 0 radical (unpaired) electrons. The fourth-order valence-electron chi connectivity index (χ4n) is 1.35. The average molecular weight is 328 g/mol. The van der Waals surface area contributed by atoms with Gasteiger partial charge in [0.2, 0.25) is 9.05 Å². The van der Waals surface area contributed by atoms with Crippen LogP contribution in [0.25, 0.3) is 0 Å². The normalized spacial score (nSPS) is 12.3. The van der Waals surface area contributed by atoms with Crippen molar-refractivity contribution in [3.05, 3.63) is 33.9 Å². The van der Waals surface area contributed by atoms with Crippen molar-refractivity contribution in [1.82, 2.24) is 0 Å². The highest BCUT2D eigenvalue weighted by Gasteiger charge is 2.21. The van der Waals surface area contributed by atoms with Gasteiger partial charge in [-0.1, -0.05) is 0 Å². The van der Waals surface area contributed by atoms with Crippen LogP contribution in [0.15, 0.2) is 23.1 Å². The van der Waals surface area contributed by atoms with Crippen LogP contribution < -0.4 is 0 Å². The van der Waals surface area contributed by atoms with Crippen molar-refractivity contribution in [2.24, 2.45) is 0 Å². The van der Waals surface area contributed by atoms with E-state index >= 15 is 0 Å². The molecule has 0 bridgehead atoms. The Hall–Kier alpha value is -1.19. The van der Waals surface area contributed by atoms with E-state index in [1.165, 1.54) is 6.92 Å². The number of nitro benzene ring substituents is 1. The summed E-state index contributed by atoms with van der Waals surface area (Å²) >= 11 is 0. The lowest BCUT2D eigenvalue weighted by Gasteiger charge is -2.04. The predicted octanol–water partition coefficient (Wildman–Crippen LogP) is 1.25. The third-order valence-corrected chi connectivity index (χ3v) is 5.45. The van der Waals surface area contributed by atoms with E-state index in [2.05, 4.69) is 0 Å². The monoisotopic (exact) mass is 327 g/mol. The van der Waals surface area contributed by atoms with Gasteiger partial charge in [0.1, 0.15) is 0 Å². The number of nitrogens with zero attached hydrogens (tertiary/aromatic N) is 1. The maximum Gasteiger partial charge on any atom is 0.272 e. The summed E-state index contributed by atoms with van der Waals surface area (Å²) < 4.78 is 45.1. The Morgan fingerprint density at radius 2 is 1.79 bits per heavy atom. The highest BCUT2D eigenvalue weighted by atomic mass is 35.7. The summed E-state index contributed by atoms with van der Waals surface area (Å²) in [7, 11) is -2.81. The second kappa shape index (κ2) is 5.43. The van der Waals surface area contributed by atoms with Gasteiger partial charge < -0.3 is 0 Å². The van der Waals surface area contributed by atoms with Gasteiger partial charge in [0.15, 0.2) is 9.84 Å². The van der Waals surface area contributed by atoms with Crippen molar-refractivity contribution >= 4 is 35.3 Å². The molecule has 0 spiro atoms. The number of nitro groups is 1. The van der Waals surface area contributed by atoms with E-state index in [1.807, 2.05) is 0 Å². The third-order valence-electron chi connectivity index (χ3n) is 2.32. The second-order valence-corrected chi connectivity index (χ2v) is 8.77. The fourth-order valence-corrected chi connectivity index (χ4v) is 4.46. The van der Waals surface area contributed by atoms with Crippen molar-refractivity contribution in [3.63, 3.8) is 0 Å². The van der Waals surface area contributed by atoms with Gasteiger partial charge >= 0.3 is 0 Å². The largest absolute Gasteiger partial charge is 0.272 e. The van der Waals surface area contributed by atoms with E-state index in [9.17, 15) is 26.9 Å². The standard InChI is InChI=1S/C9H10ClNO6S2/c1-7-6-8(2-3-9(7)11(12)13)18(14,15)4-5-19(10,16)17/h2-3,6H,4-5H2,1H3. The first-order valence-electron chi connectivity index (χ1n) is 4.93. The van der Waals surface area contributed by atoms with Gasteiger partial charge in [-0.25, -0.2) is 16.8 Å². The number of rotatable bonds is 5. The van der Waals surface area contributed by atoms with E-state index < -0.39 is 35.3 Å². The van der Waals surface area contributed by atoms with Gasteiger partial charge in [0, 0.05) is 22.3 Å². The van der Waals surface area contributed by atoms with Gasteiger partial charge in [-0.15, -0.1) is 0 Å². The molecular weight excluding hydrogens is 318 g/mol. The molecule has 0 aliphatic carbocycles. The lowest BCUT2D eigenvalue weighted by molar-refractivity contribution is -0.385. The Kier molecular flexibility index (Phi) is 4.54. The van der Waals surface area contributed by atoms with Crippen LogP contribution in [0.5, 0.6) is 0 Å². The van der Waals surface area contributed by atoms with E-state index in [0.29, 0.717) is 0 Å². The molecule has 0 heterocycles. The van der Waals surface area contributed by atoms with Crippen molar-refractivity contribution in [2.45, 2.75) is 11.8 Å². The molecule has 0 saturated heterocycles. The predicted molar refractivity (Wildman–Crippen MR) is 69.5 cm³/mol. The van der Waals surface area contributed by atoms with E-state index in [0.717, 1.165) is 18.2 Å². The molecule has 1 aromatic carbocycles. The SMILES string of the molecule is Cc1cc(S(=O)(=O)CCS(=O)(=O)Cl)ccc1[N+](=O)[O-]. The van der Waals surface area contributed by atoms with Gasteiger partial charge in [-0.2, -0.15) is 0 Å². The number of hydrogen-bond acceptors (Lipinski definition) is 6.